The molecule has 3 N–H and O–H groups in total. The molecule has 110 valence electrons. The maximum absolute atomic E-state index is 10.1. The van der Waals surface area contributed by atoms with Gasteiger partial charge < -0.3 is 25.4 Å². The van der Waals surface area contributed by atoms with Gasteiger partial charge in [0.05, 0.1) is 19.3 Å². The normalized spacial score (nSPS) is 16.6. The minimum absolute atomic E-state index is 0.399. The van der Waals surface area contributed by atoms with Crippen LogP contribution in [0.4, 0.5) is 5.69 Å². The van der Waals surface area contributed by atoms with Gasteiger partial charge in [0.2, 0.25) is 0 Å². The number of nitrogens with one attached hydrogen (secondary N) is 2. The van der Waals surface area contributed by atoms with E-state index in [1.807, 2.05) is 24.3 Å². The summed E-state index contributed by atoms with van der Waals surface area (Å²) in [6, 6.07) is 8.00. The van der Waals surface area contributed by atoms with Crippen molar-refractivity contribution in [3.05, 3.63) is 29.8 Å². The van der Waals surface area contributed by atoms with Crippen LogP contribution in [0, 0.1) is 0 Å². The maximum atomic E-state index is 10.1. The van der Waals surface area contributed by atoms with Crippen LogP contribution >= 0.6 is 12.2 Å². The molecule has 1 atom stereocenters. The van der Waals surface area contributed by atoms with Crippen molar-refractivity contribution in [1.82, 2.24) is 10.6 Å². The Hall–Kier alpha value is -1.37. The summed E-state index contributed by atoms with van der Waals surface area (Å²) < 4.78 is 5.34. The first-order valence-electron chi connectivity index (χ1n) is 6.77. The zero-order chi connectivity index (χ0) is 14.4. The highest BCUT2D eigenvalue weighted by atomic mass is 32.1. The van der Waals surface area contributed by atoms with Gasteiger partial charge in [-0.1, -0.05) is 12.1 Å². The van der Waals surface area contributed by atoms with Gasteiger partial charge >= 0.3 is 0 Å². The summed E-state index contributed by atoms with van der Waals surface area (Å²) in [6.45, 7) is 3.78. The fourth-order valence-corrected chi connectivity index (χ4v) is 2.21. The van der Waals surface area contributed by atoms with E-state index >= 15 is 0 Å². The minimum Gasteiger partial charge on any atom is -0.387 e. The van der Waals surface area contributed by atoms with Gasteiger partial charge in [-0.3, -0.25) is 0 Å². The van der Waals surface area contributed by atoms with Gasteiger partial charge in [-0.05, 0) is 29.9 Å². The van der Waals surface area contributed by atoms with Crippen molar-refractivity contribution in [3.63, 3.8) is 0 Å². The van der Waals surface area contributed by atoms with Crippen molar-refractivity contribution >= 4 is 23.0 Å². The molecule has 1 saturated heterocycles. The SMILES string of the molecule is CNC(=S)NCC(O)c1ccc(N2CCOCC2)cc1. The molecule has 1 aromatic rings. The molecule has 0 spiro atoms. The summed E-state index contributed by atoms with van der Waals surface area (Å²) in [5.74, 6) is 0. The second-order valence-electron chi connectivity index (χ2n) is 4.67. The van der Waals surface area contributed by atoms with E-state index < -0.39 is 6.10 Å². The molecule has 2 rings (SSSR count). The Bertz CT molecular complexity index is 433. The van der Waals surface area contributed by atoms with Crippen LogP contribution in [0.5, 0.6) is 0 Å². The van der Waals surface area contributed by atoms with Gasteiger partial charge in [0, 0.05) is 32.4 Å². The van der Waals surface area contributed by atoms with Gasteiger partial charge in [-0.25, -0.2) is 0 Å². The molecule has 1 fully saturated rings. The van der Waals surface area contributed by atoms with Gasteiger partial charge in [0.1, 0.15) is 0 Å². The van der Waals surface area contributed by atoms with Crippen LogP contribution in [0.15, 0.2) is 24.3 Å². The van der Waals surface area contributed by atoms with Crippen LogP contribution in [0.3, 0.4) is 0 Å². The number of thiocarbonyl (C=S) groups is 1. The van der Waals surface area contributed by atoms with Crippen LogP contribution in [-0.4, -0.2) is 50.1 Å². The third kappa shape index (κ3) is 4.06. The molecule has 0 bridgehead atoms. The highest BCUT2D eigenvalue weighted by Crippen LogP contribution is 2.19. The highest BCUT2D eigenvalue weighted by Gasteiger charge is 2.12. The quantitative estimate of drug-likeness (QED) is 0.709. The lowest BCUT2D eigenvalue weighted by Crippen LogP contribution is -2.36. The second-order valence-corrected chi connectivity index (χ2v) is 5.08. The summed E-state index contributed by atoms with van der Waals surface area (Å²) in [5.41, 5.74) is 2.05. The average Bonchev–Trinajstić information content (AvgIpc) is 2.53. The monoisotopic (exact) mass is 295 g/mol. The fraction of sp³-hybridized carbons (Fsp3) is 0.500. The molecular weight excluding hydrogens is 274 g/mol. The molecular formula is C14H21N3O2S. The van der Waals surface area contributed by atoms with E-state index in [0.717, 1.165) is 31.9 Å². The molecule has 0 amide bonds. The van der Waals surface area contributed by atoms with Crippen LogP contribution < -0.4 is 15.5 Å². The maximum Gasteiger partial charge on any atom is 0.166 e. The summed E-state index contributed by atoms with van der Waals surface area (Å²) in [6.07, 6.45) is -0.569. The number of aliphatic hydroxyl groups is 1. The summed E-state index contributed by atoms with van der Waals surface area (Å²) in [4.78, 5) is 2.29. The van der Waals surface area contributed by atoms with Gasteiger partial charge in [0.15, 0.2) is 5.11 Å². The predicted octanol–water partition coefficient (Wildman–Crippen LogP) is 0.650. The Labute approximate surface area is 124 Å². The minimum atomic E-state index is -0.569. The van der Waals surface area contributed by atoms with Gasteiger partial charge in [0.25, 0.3) is 0 Å². The van der Waals surface area contributed by atoms with E-state index in [1.54, 1.807) is 7.05 Å². The number of rotatable bonds is 4. The lowest BCUT2D eigenvalue weighted by Gasteiger charge is -2.29. The van der Waals surface area contributed by atoms with E-state index in [9.17, 15) is 5.11 Å². The first-order chi connectivity index (χ1) is 9.70. The number of aliphatic hydroxyl groups excluding tert-OH is 1. The van der Waals surface area contributed by atoms with Crippen molar-refractivity contribution in [2.75, 3.05) is 44.8 Å². The predicted molar refractivity (Wildman–Crippen MR) is 84.1 cm³/mol. The van der Waals surface area contributed by atoms with Gasteiger partial charge in [-0.15, -0.1) is 0 Å². The van der Waals surface area contributed by atoms with E-state index in [2.05, 4.69) is 15.5 Å². The molecule has 6 heteroatoms. The van der Waals surface area contributed by atoms with Crippen molar-refractivity contribution in [3.8, 4) is 0 Å². The molecule has 1 aliphatic heterocycles. The lowest BCUT2D eigenvalue weighted by molar-refractivity contribution is 0.122. The molecule has 0 aliphatic carbocycles. The fourth-order valence-electron chi connectivity index (χ4n) is 2.12. The molecule has 0 saturated carbocycles. The first-order valence-corrected chi connectivity index (χ1v) is 7.18. The largest absolute Gasteiger partial charge is 0.387 e. The van der Waals surface area contributed by atoms with Crippen molar-refractivity contribution in [1.29, 1.82) is 0 Å². The van der Waals surface area contributed by atoms with E-state index in [4.69, 9.17) is 17.0 Å². The Morgan fingerprint density at radius 1 is 1.35 bits per heavy atom. The number of ether oxygens (including phenoxy) is 1. The molecule has 20 heavy (non-hydrogen) atoms. The van der Waals surface area contributed by atoms with Crippen molar-refractivity contribution in [2.24, 2.45) is 0 Å². The zero-order valence-corrected chi connectivity index (χ0v) is 12.4. The summed E-state index contributed by atoms with van der Waals surface area (Å²) in [5, 5.41) is 16.4. The lowest BCUT2D eigenvalue weighted by atomic mass is 10.1. The molecule has 1 aromatic carbocycles. The van der Waals surface area contributed by atoms with E-state index in [-0.39, 0.29) is 0 Å². The Morgan fingerprint density at radius 2 is 2.00 bits per heavy atom. The van der Waals surface area contributed by atoms with Crippen LogP contribution in [0.25, 0.3) is 0 Å². The number of anilines is 1. The van der Waals surface area contributed by atoms with Crippen molar-refractivity contribution < 1.29 is 9.84 Å². The molecule has 0 aromatic heterocycles. The Kier molecular flexibility index (Phi) is 5.58. The number of nitrogens with zero attached hydrogens (tertiary/aromatic N) is 1. The third-order valence-corrected chi connectivity index (χ3v) is 3.69. The standard InChI is InChI=1S/C14H21N3O2S/c1-15-14(20)16-10-13(18)11-2-4-12(5-3-11)17-6-8-19-9-7-17/h2-5,13,18H,6-10H2,1H3,(H2,15,16,20). The molecule has 1 aliphatic rings. The van der Waals surface area contributed by atoms with Crippen LogP contribution in [0.1, 0.15) is 11.7 Å². The second kappa shape index (κ2) is 7.42. The smallest absolute Gasteiger partial charge is 0.166 e. The summed E-state index contributed by atoms with van der Waals surface area (Å²) in [7, 11) is 1.75. The molecule has 1 heterocycles. The number of benzene rings is 1. The molecule has 5 nitrogen and oxygen atoms in total. The van der Waals surface area contributed by atoms with Crippen molar-refractivity contribution in [2.45, 2.75) is 6.10 Å². The van der Waals surface area contributed by atoms with E-state index in [0.29, 0.717) is 11.7 Å². The van der Waals surface area contributed by atoms with E-state index in [1.165, 1.54) is 5.69 Å². The number of morpholine rings is 1. The Balaban J connectivity index is 1.91. The first kappa shape index (κ1) is 15.0. The third-order valence-electron chi connectivity index (χ3n) is 3.34. The van der Waals surface area contributed by atoms with Crippen LogP contribution in [0.2, 0.25) is 0 Å². The molecule has 0 radical (unpaired) electrons. The zero-order valence-electron chi connectivity index (χ0n) is 11.6. The van der Waals surface area contributed by atoms with Gasteiger partial charge in [-0.2, -0.15) is 0 Å². The number of hydrogen-bond donors (Lipinski definition) is 3. The molecule has 1 unspecified atom stereocenters. The number of hydrogen-bond acceptors (Lipinski definition) is 4. The average molecular weight is 295 g/mol. The summed E-state index contributed by atoms with van der Waals surface area (Å²) >= 11 is 4.98. The topological polar surface area (TPSA) is 56.8 Å². The Morgan fingerprint density at radius 3 is 2.60 bits per heavy atom. The van der Waals surface area contributed by atoms with Crippen LogP contribution in [-0.2, 0) is 4.74 Å². The highest BCUT2D eigenvalue weighted by molar-refractivity contribution is 7.80.